The molecule has 0 aliphatic rings. The molecule has 2 aromatic heterocycles. The van der Waals surface area contributed by atoms with Gasteiger partial charge in [0.05, 0.1) is 11.1 Å². The number of fused-ring (bicyclic) bond motifs is 1. The standard InChI is InChI=1S/C17H11FN4O/c18-12-3-7-14(8-4-12)23-13-5-1-11(2-6-13)16-15-9-19-10-20-17(15)22-21-16/h1-10H,(H,19,20,21,22). The van der Waals surface area contributed by atoms with E-state index in [0.717, 1.165) is 16.6 Å². The number of nitrogens with zero attached hydrogens (tertiary/aromatic N) is 3. The van der Waals surface area contributed by atoms with Gasteiger partial charge in [-0.25, -0.2) is 14.4 Å². The average Bonchev–Trinajstić information content (AvgIpc) is 3.02. The molecule has 5 nitrogen and oxygen atoms in total. The molecule has 0 amide bonds. The number of hydrogen-bond acceptors (Lipinski definition) is 4. The smallest absolute Gasteiger partial charge is 0.184 e. The molecule has 0 aliphatic heterocycles. The number of aromatic amines is 1. The first kappa shape index (κ1) is 13.4. The minimum Gasteiger partial charge on any atom is -0.457 e. The van der Waals surface area contributed by atoms with E-state index in [0.29, 0.717) is 17.1 Å². The Morgan fingerprint density at radius 1 is 0.913 bits per heavy atom. The molecule has 4 rings (SSSR count). The lowest BCUT2D eigenvalue weighted by Crippen LogP contribution is -1.85. The first-order valence-corrected chi connectivity index (χ1v) is 6.97. The van der Waals surface area contributed by atoms with E-state index in [1.807, 2.05) is 24.3 Å². The second kappa shape index (κ2) is 5.49. The SMILES string of the molecule is Fc1ccc(Oc2ccc(-c3[nH]nc4ncncc34)cc2)cc1. The third-order valence-corrected chi connectivity index (χ3v) is 3.43. The third kappa shape index (κ3) is 2.62. The summed E-state index contributed by atoms with van der Waals surface area (Å²) in [7, 11) is 0. The maximum atomic E-state index is 12.9. The number of hydrogen-bond donors (Lipinski definition) is 1. The van der Waals surface area contributed by atoms with Crippen LogP contribution in [0.15, 0.2) is 61.1 Å². The van der Waals surface area contributed by atoms with Crippen LogP contribution in [0, 0.1) is 5.82 Å². The summed E-state index contributed by atoms with van der Waals surface area (Å²) < 4.78 is 18.6. The molecule has 112 valence electrons. The predicted molar refractivity (Wildman–Crippen MR) is 83.6 cm³/mol. The van der Waals surface area contributed by atoms with E-state index >= 15 is 0 Å². The van der Waals surface area contributed by atoms with Crippen molar-refractivity contribution < 1.29 is 9.13 Å². The van der Waals surface area contributed by atoms with Crippen molar-refractivity contribution in [3.05, 3.63) is 66.9 Å². The number of nitrogens with one attached hydrogen (secondary N) is 1. The van der Waals surface area contributed by atoms with Gasteiger partial charge in [-0.15, -0.1) is 0 Å². The lowest BCUT2D eigenvalue weighted by atomic mass is 10.1. The number of halogens is 1. The third-order valence-electron chi connectivity index (χ3n) is 3.43. The highest BCUT2D eigenvalue weighted by atomic mass is 19.1. The molecule has 0 spiro atoms. The minimum absolute atomic E-state index is 0.291. The van der Waals surface area contributed by atoms with Gasteiger partial charge in [0.1, 0.15) is 23.6 Å². The molecule has 0 aliphatic carbocycles. The second-order valence-corrected chi connectivity index (χ2v) is 4.94. The number of aromatic nitrogens is 4. The maximum absolute atomic E-state index is 12.9. The highest BCUT2D eigenvalue weighted by Gasteiger charge is 2.08. The maximum Gasteiger partial charge on any atom is 0.184 e. The largest absolute Gasteiger partial charge is 0.457 e. The van der Waals surface area contributed by atoms with Crippen molar-refractivity contribution in [3.63, 3.8) is 0 Å². The van der Waals surface area contributed by atoms with E-state index < -0.39 is 0 Å². The van der Waals surface area contributed by atoms with Crippen LogP contribution in [0.3, 0.4) is 0 Å². The van der Waals surface area contributed by atoms with Gasteiger partial charge in [0.15, 0.2) is 5.65 Å². The fraction of sp³-hybridized carbons (Fsp3) is 0. The van der Waals surface area contributed by atoms with Gasteiger partial charge in [-0.2, -0.15) is 5.10 Å². The first-order chi connectivity index (χ1) is 11.3. The molecule has 2 heterocycles. The number of H-pyrrole nitrogens is 1. The van der Waals surface area contributed by atoms with Gasteiger partial charge in [0.2, 0.25) is 0 Å². The molecule has 6 heteroatoms. The van der Waals surface area contributed by atoms with Gasteiger partial charge in [-0.05, 0) is 48.5 Å². The van der Waals surface area contributed by atoms with Gasteiger partial charge in [0, 0.05) is 11.8 Å². The van der Waals surface area contributed by atoms with Crippen molar-refractivity contribution in [2.24, 2.45) is 0 Å². The fourth-order valence-electron chi connectivity index (χ4n) is 2.31. The number of benzene rings is 2. The monoisotopic (exact) mass is 306 g/mol. The van der Waals surface area contributed by atoms with Crippen LogP contribution in [-0.4, -0.2) is 20.2 Å². The predicted octanol–water partition coefficient (Wildman–Crippen LogP) is 3.95. The van der Waals surface area contributed by atoms with E-state index in [-0.39, 0.29) is 5.82 Å². The second-order valence-electron chi connectivity index (χ2n) is 4.94. The number of ether oxygens (including phenoxy) is 1. The quantitative estimate of drug-likeness (QED) is 0.622. The summed E-state index contributed by atoms with van der Waals surface area (Å²) in [5, 5.41) is 7.98. The van der Waals surface area contributed by atoms with Crippen molar-refractivity contribution in [2.75, 3.05) is 0 Å². The summed E-state index contributed by atoms with van der Waals surface area (Å²) in [5.41, 5.74) is 2.43. The molecule has 0 fully saturated rings. The van der Waals surface area contributed by atoms with Gasteiger partial charge < -0.3 is 4.74 Å². The molecule has 4 aromatic rings. The normalized spacial score (nSPS) is 10.8. The Labute approximate surface area is 130 Å². The summed E-state index contributed by atoms with van der Waals surface area (Å²) in [6, 6.07) is 13.4. The zero-order valence-electron chi connectivity index (χ0n) is 11.9. The summed E-state index contributed by atoms with van der Waals surface area (Å²) >= 11 is 0. The molecule has 0 atom stereocenters. The number of rotatable bonds is 3. The molecular weight excluding hydrogens is 295 g/mol. The van der Waals surface area contributed by atoms with Crippen molar-refractivity contribution in [2.45, 2.75) is 0 Å². The molecule has 0 radical (unpaired) electrons. The Kier molecular flexibility index (Phi) is 3.20. The Morgan fingerprint density at radius 3 is 2.35 bits per heavy atom. The zero-order chi connectivity index (χ0) is 15.6. The summed E-state index contributed by atoms with van der Waals surface area (Å²) in [6.45, 7) is 0. The molecule has 2 aromatic carbocycles. The molecule has 23 heavy (non-hydrogen) atoms. The van der Waals surface area contributed by atoms with Crippen molar-refractivity contribution in [1.29, 1.82) is 0 Å². The summed E-state index contributed by atoms with van der Waals surface area (Å²) in [5.74, 6) is 0.959. The van der Waals surface area contributed by atoms with Crippen LogP contribution in [0.25, 0.3) is 22.3 Å². The molecule has 0 unspecified atom stereocenters. The molecular formula is C17H11FN4O. The molecule has 0 saturated carbocycles. The van der Waals surface area contributed by atoms with E-state index in [9.17, 15) is 4.39 Å². The Morgan fingerprint density at radius 2 is 1.61 bits per heavy atom. The Bertz CT molecular complexity index is 948. The molecule has 0 bridgehead atoms. The molecule has 1 N–H and O–H groups in total. The van der Waals surface area contributed by atoms with Crippen molar-refractivity contribution >= 4 is 11.0 Å². The van der Waals surface area contributed by atoms with Crippen LogP contribution in [-0.2, 0) is 0 Å². The topological polar surface area (TPSA) is 63.7 Å². The highest BCUT2D eigenvalue weighted by molar-refractivity contribution is 5.89. The van der Waals surface area contributed by atoms with Crippen LogP contribution in [0.1, 0.15) is 0 Å². The van der Waals surface area contributed by atoms with E-state index in [4.69, 9.17) is 4.74 Å². The highest BCUT2D eigenvalue weighted by Crippen LogP contribution is 2.28. The summed E-state index contributed by atoms with van der Waals surface area (Å²) in [6.07, 6.45) is 3.19. The van der Waals surface area contributed by atoms with Gasteiger partial charge in [-0.3, -0.25) is 5.10 Å². The Balaban J connectivity index is 1.61. The van der Waals surface area contributed by atoms with Crippen LogP contribution < -0.4 is 4.74 Å². The van der Waals surface area contributed by atoms with E-state index in [2.05, 4.69) is 20.2 Å². The van der Waals surface area contributed by atoms with Gasteiger partial charge in [0.25, 0.3) is 0 Å². The van der Waals surface area contributed by atoms with Crippen LogP contribution >= 0.6 is 0 Å². The minimum atomic E-state index is -0.291. The van der Waals surface area contributed by atoms with Crippen LogP contribution in [0.5, 0.6) is 11.5 Å². The molecule has 0 saturated heterocycles. The summed E-state index contributed by atoms with van der Waals surface area (Å²) in [4.78, 5) is 8.12. The van der Waals surface area contributed by atoms with E-state index in [1.165, 1.54) is 18.5 Å². The first-order valence-electron chi connectivity index (χ1n) is 6.97. The fourth-order valence-corrected chi connectivity index (χ4v) is 2.31. The lowest BCUT2D eigenvalue weighted by Gasteiger charge is -2.06. The van der Waals surface area contributed by atoms with Gasteiger partial charge in [-0.1, -0.05) is 0 Å². The van der Waals surface area contributed by atoms with Crippen molar-refractivity contribution in [3.8, 4) is 22.8 Å². The average molecular weight is 306 g/mol. The van der Waals surface area contributed by atoms with Gasteiger partial charge >= 0.3 is 0 Å². The van der Waals surface area contributed by atoms with Crippen LogP contribution in [0.4, 0.5) is 4.39 Å². The lowest BCUT2D eigenvalue weighted by molar-refractivity contribution is 0.480. The van der Waals surface area contributed by atoms with E-state index in [1.54, 1.807) is 18.3 Å². The van der Waals surface area contributed by atoms with Crippen molar-refractivity contribution in [1.82, 2.24) is 20.2 Å². The Hall–Kier alpha value is -3.28. The zero-order valence-corrected chi connectivity index (χ0v) is 11.9. The van der Waals surface area contributed by atoms with Crippen LogP contribution in [0.2, 0.25) is 0 Å².